The molecule has 3 nitrogen and oxygen atoms in total. The largest absolute Gasteiger partial charge is 0.356 e. The fraction of sp³-hybridized carbons (Fsp3) is 0.714. The molecule has 1 aromatic heterocycles. The summed E-state index contributed by atoms with van der Waals surface area (Å²) in [7, 11) is 0. The van der Waals surface area contributed by atoms with Crippen LogP contribution in [0.1, 0.15) is 46.4 Å². The molecule has 1 aromatic rings. The summed E-state index contributed by atoms with van der Waals surface area (Å²) in [5.41, 5.74) is 0. The van der Waals surface area contributed by atoms with E-state index in [1.165, 1.54) is 6.42 Å². The van der Waals surface area contributed by atoms with Crippen molar-refractivity contribution in [1.29, 1.82) is 0 Å². The molecule has 1 heterocycles. The second-order valence-electron chi connectivity index (χ2n) is 4.77. The molecule has 0 N–H and O–H groups in total. The van der Waals surface area contributed by atoms with Gasteiger partial charge in [0.25, 0.3) is 0 Å². The van der Waals surface area contributed by atoms with Crippen molar-refractivity contribution in [2.24, 2.45) is 5.92 Å². The van der Waals surface area contributed by atoms with Gasteiger partial charge in [-0.15, -0.1) is 0 Å². The van der Waals surface area contributed by atoms with E-state index in [-0.39, 0.29) is 0 Å². The molecule has 1 atom stereocenters. The fourth-order valence-corrected chi connectivity index (χ4v) is 2.03. The molecule has 0 aliphatic heterocycles. The number of hydrogen-bond acceptors (Lipinski definition) is 3. The van der Waals surface area contributed by atoms with Crippen molar-refractivity contribution in [1.82, 2.24) is 9.97 Å². The van der Waals surface area contributed by atoms with Gasteiger partial charge in [-0.1, -0.05) is 38.8 Å². The average Bonchev–Trinajstić information content (AvgIpc) is 2.35. The molecular formula is C14H24ClN3. The first-order valence-corrected chi connectivity index (χ1v) is 7.26. The number of hydrogen-bond donors (Lipinski definition) is 0. The number of aromatic nitrogens is 2. The van der Waals surface area contributed by atoms with Crippen LogP contribution >= 0.6 is 11.6 Å². The van der Waals surface area contributed by atoms with Crippen molar-refractivity contribution in [3.05, 3.63) is 17.0 Å². The Kier molecular flexibility index (Phi) is 6.41. The smallest absolute Gasteiger partial charge is 0.134 e. The van der Waals surface area contributed by atoms with Gasteiger partial charge >= 0.3 is 0 Å². The Morgan fingerprint density at radius 2 is 2.00 bits per heavy atom. The van der Waals surface area contributed by atoms with E-state index in [0.717, 1.165) is 37.6 Å². The van der Waals surface area contributed by atoms with E-state index >= 15 is 0 Å². The van der Waals surface area contributed by atoms with Crippen LogP contribution in [0.3, 0.4) is 0 Å². The minimum absolute atomic E-state index is 0.547. The summed E-state index contributed by atoms with van der Waals surface area (Å²) in [6, 6.07) is 1.87. The van der Waals surface area contributed by atoms with Gasteiger partial charge in [-0.25, -0.2) is 9.97 Å². The molecule has 0 aliphatic carbocycles. The highest BCUT2D eigenvalue weighted by Crippen LogP contribution is 2.18. The molecule has 0 radical (unpaired) electrons. The first-order chi connectivity index (χ1) is 8.60. The van der Waals surface area contributed by atoms with Crippen LogP contribution in [0.25, 0.3) is 0 Å². The van der Waals surface area contributed by atoms with Crippen LogP contribution in [-0.4, -0.2) is 23.1 Å². The van der Waals surface area contributed by atoms with Gasteiger partial charge in [0.2, 0.25) is 0 Å². The molecule has 0 saturated heterocycles. The molecule has 0 aromatic carbocycles. The first-order valence-electron chi connectivity index (χ1n) is 6.89. The fourth-order valence-electron chi connectivity index (χ4n) is 1.84. The standard InChI is InChI=1S/C14H24ClN3/c1-5-8-13-16-12(15)9-14(17-13)18(7-3)10-11(4)6-2/h9,11H,5-8,10H2,1-4H3. The Hall–Kier alpha value is -0.830. The Labute approximate surface area is 116 Å². The summed E-state index contributed by atoms with van der Waals surface area (Å²) in [5.74, 6) is 2.47. The number of anilines is 1. The lowest BCUT2D eigenvalue weighted by Gasteiger charge is -2.25. The second kappa shape index (κ2) is 7.57. The van der Waals surface area contributed by atoms with Crippen molar-refractivity contribution >= 4 is 17.4 Å². The van der Waals surface area contributed by atoms with Crippen LogP contribution in [0, 0.1) is 5.92 Å². The number of rotatable bonds is 7. The van der Waals surface area contributed by atoms with Gasteiger partial charge in [0.15, 0.2) is 0 Å². The lowest BCUT2D eigenvalue weighted by molar-refractivity contribution is 0.544. The van der Waals surface area contributed by atoms with Crippen LogP contribution < -0.4 is 4.90 Å². The van der Waals surface area contributed by atoms with Gasteiger partial charge in [0, 0.05) is 25.6 Å². The van der Waals surface area contributed by atoms with Crippen molar-refractivity contribution < 1.29 is 0 Å². The maximum absolute atomic E-state index is 6.08. The maximum Gasteiger partial charge on any atom is 0.134 e. The predicted octanol–water partition coefficient (Wildman–Crippen LogP) is 3.95. The van der Waals surface area contributed by atoms with Gasteiger partial charge in [-0.2, -0.15) is 0 Å². The highest BCUT2D eigenvalue weighted by atomic mass is 35.5. The lowest BCUT2D eigenvalue weighted by atomic mass is 10.1. The highest BCUT2D eigenvalue weighted by molar-refractivity contribution is 6.29. The van der Waals surface area contributed by atoms with E-state index in [0.29, 0.717) is 11.1 Å². The molecule has 4 heteroatoms. The van der Waals surface area contributed by atoms with Crippen LogP contribution in [0.2, 0.25) is 5.15 Å². The van der Waals surface area contributed by atoms with Crippen molar-refractivity contribution in [2.45, 2.75) is 47.0 Å². The van der Waals surface area contributed by atoms with E-state index in [4.69, 9.17) is 11.6 Å². The van der Waals surface area contributed by atoms with E-state index in [9.17, 15) is 0 Å². The van der Waals surface area contributed by atoms with Gasteiger partial charge in [0.1, 0.15) is 16.8 Å². The molecule has 0 spiro atoms. The molecular weight excluding hydrogens is 246 g/mol. The lowest BCUT2D eigenvalue weighted by Crippen LogP contribution is -2.29. The Bertz CT molecular complexity index is 368. The third-order valence-electron chi connectivity index (χ3n) is 3.14. The van der Waals surface area contributed by atoms with Crippen LogP contribution in [0.5, 0.6) is 0 Å². The molecule has 0 fully saturated rings. The Morgan fingerprint density at radius 1 is 1.28 bits per heavy atom. The van der Waals surface area contributed by atoms with Gasteiger partial charge in [-0.05, 0) is 19.3 Å². The Balaban J connectivity index is 2.90. The van der Waals surface area contributed by atoms with Crippen LogP contribution in [0.15, 0.2) is 6.07 Å². The van der Waals surface area contributed by atoms with Gasteiger partial charge in [-0.3, -0.25) is 0 Å². The minimum atomic E-state index is 0.547. The van der Waals surface area contributed by atoms with Gasteiger partial charge < -0.3 is 4.90 Å². The maximum atomic E-state index is 6.08. The molecule has 18 heavy (non-hydrogen) atoms. The monoisotopic (exact) mass is 269 g/mol. The molecule has 1 rings (SSSR count). The number of aryl methyl sites for hydroxylation is 1. The summed E-state index contributed by atoms with van der Waals surface area (Å²) in [6.45, 7) is 10.7. The quantitative estimate of drug-likeness (QED) is 0.702. The molecule has 102 valence electrons. The van der Waals surface area contributed by atoms with E-state index in [1.807, 2.05) is 6.07 Å². The number of nitrogens with zero attached hydrogens (tertiary/aromatic N) is 3. The molecule has 1 unspecified atom stereocenters. The summed E-state index contributed by atoms with van der Waals surface area (Å²) in [5, 5.41) is 0.547. The van der Waals surface area contributed by atoms with E-state index in [2.05, 4.69) is 42.6 Å². The average molecular weight is 270 g/mol. The van der Waals surface area contributed by atoms with E-state index < -0.39 is 0 Å². The third kappa shape index (κ3) is 4.45. The van der Waals surface area contributed by atoms with Crippen LogP contribution in [0.4, 0.5) is 5.82 Å². The molecule has 0 saturated carbocycles. The van der Waals surface area contributed by atoms with Crippen molar-refractivity contribution in [2.75, 3.05) is 18.0 Å². The summed E-state index contributed by atoms with van der Waals surface area (Å²) < 4.78 is 0. The third-order valence-corrected chi connectivity index (χ3v) is 3.33. The summed E-state index contributed by atoms with van der Waals surface area (Å²) in [6.07, 6.45) is 3.10. The SMILES string of the molecule is CCCc1nc(Cl)cc(N(CC)CC(C)CC)n1. The van der Waals surface area contributed by atoms with Crippen molar-refractivity contribution in [3.63, 3.8) is 0 Å². The topological polar surface area (TPSA) is 29.0 Å². The zero-order valence-electron chi connectivity index (χ0n) is 11.9. The Morgan fingerprint density at radius 3 is 2.56 bits per heavy atom. The predicted molar refractivity (Wildman–Crippen MR) is 78.4 cm³/mol. The zero-order valence-corrected chi connectivity index (χ0v) is 12.7. The first kappa shape index (κ1) is 15.2. The van der Waals surface area contributed by atoms with Gasteiger partial charge in [0.05, 0.1) is 0 Å². The second-order valence-corrected chi connectivity index (χ2v) is 5.15. The van der Waals surface area contributed by atoms with Crippen LogP contribution in [-0.2, 0) is 6.42 Å². The molecule has 0 amide bonds. The normalized spacial score (nSPS) is 12.5. The zero-order chi connectivity index (χ0) is 13.5. The molecule has 0 bridgehead atoms. The molecule has 0 aliphatic rings. The van der Waals surface area contributed by atoms with E-state index in [1.54, 1.807) is 0 Å². The van der Waals surface area contributed by atoms with Crippen molar-refractivity contribution in [3.8, 4) is 0 Å². The highest BCUT2D eigenvalue weighted by Gasteiger charge is 2.12. The number of halogens is 1. The summed E-state index contributed by atoms with van der Waals surface area (Å²) in [4.78, 5) is 11.2. The minimum Gasteiger partial charge on any atom is -0.356 e. The summed E-state index contributed by atoms with van der Waals surface area (Å²) >= 11 is 6.08.